The van der Waals surface area contributed by atoms with Crippen LogP contribution in [0.4, 0.5) is 0 Å². The zero-order valence-corrected chi connectivity index (χ0v) is 18.9. The van der Waals surface area contributed by atoms with Crippen molar-refractivity contribution in [1.82, 2.24) is 14.9 Å². The third-order valence-electron chi connectivity index (χ3n) is 4.16. The van der Waals surface area contributed by atoms with Gasteiger partial charge in [-0.25, -0.2) is 9.77 Å². The Labute approximate surface area is 183 Å². The SMILES string of the molecule is CCOc1cc(Br)c(CNn2c(-c3ccccc3OC)n[nH]c2=S)cc1OCC. The summed E-state index contributed by atoms with van der Waals surface area (Å²) in [4.78, 5) is 0. The Hall–Kier alpha value is -2.52. The predicted octanol–water partition coefficient (Wildman–Crippen LogP) is 4.92. The molecular weight excluding hydrogens is 456 g/mol. The Kier molecular flexibility index (Phi) is 7.16. The fourth-order valence-electron chi connectivity index (χ4n) is 2.87. The summed E-state index contributed by atoms with van der Waals surface area (Å²) in [5, 5.41) is 7.20. The first kappa shape index (κ1) is 21.2. The molecule has 3 rings (SSSR count). The summed E-state index contributed by atoms with van der Waals surface area (Å²) in [5.41, 5.74) is 5.15. The van der Waals surface area contributed by atoms with Crippen LogP contribution in [0.25, 0.3) is 11.4 Å². The van der Waals surface area contributed by atoms with Gasteiger partial charge < -0.3 is 19.6 Å². The minimum atomic E-state index is 0.456. The number of methoxy groups -OCH3 is 1. The van der Waals surface area contributed by atoms with Gasteiger partial charge in [-0.05, 0) is 55.9 Å². The van der Waals surface area contributed by atoms with E-state index in [1.165, 1.54) is 0 Å². The van der Waals surface area contributed by atoms with Crippen LogP contribution in [-0.4, -0.2) is 35.2 Å². The van der Waals surface area contributed by atoms with E-state index < -0.39 is 0 Å². The number of hydrogen-bond acceptors (Lipinski definition) is 6. The van der Waals surface area contributed by atoms with Gasteiger partial charge in [0.15, 0.2) is 17.3 Å². The highest BCUT2D eigenvalue weighted by atomic mass is 79.9. The number of rotatable bonds is 9. The molecule has 0 atom stereocenters. The summed E-state index contributed by atoms with van der Waals surface area (Å²) in [5.74, 6) is 2.76. The van der Waals surface area contributed by atoms with Crippen molar-refractivity contribution >= 4 is 28.1 Å². The highest BCUT2D eigenvalue weighted by molar-refractivity contribution is 9.10. The Balaban J connectivity index is 1.90. The standard InChI is InChI=1S/C20H23BrN4O3S/c1-4-27-17-10-13(15(21)11-18(17)28-5-2)12-22-25-19(23-24-20(25)29)14-8-6-7-9-16(14)26-3/h6-11,22H,4-5,12H2,1-3H3,(H,24,29). The monoisotopic (exact) mass is 478 g/mol. The minimum absolute atomic E-state index is 0.456. The summed E-state index contributed by atoms with van der Waals surface area (Å²) < 4.78 is 20.0. The normalized spacial score (nSPS) is 10.6. The van der Waals surface area contributed by atoms with Gasteiger partial charge in [-0.15, -0.1) is 0 Å². The molecule has 154 valence electrons. The van der Waals surface area contributed by atoms with Crippen molar-refractivity contribution in [3.05, 3.63) is 51.2 Å². The second kappa shape index (κ2) is 9.80. The average Bonchev–Trinajstić information content (AvgIpc) is 3.09. The van der Waals surface area contributed by atoms with Gasteiger partial charge in [0.05, 0.1) is 32.4 Å². The summed E-state index contributed by atoms with van der Waals surface area (Å²) >= 11 is 9.03. The summed E-state index contributed by atoms with van der Waals surface area (Å²) in [7, 11) is 1.63. The lowest BCUT2D eigenvalue weighted by atomic mass is 10.2. The molecule has 1 heterocycles. The van der Waals surface area contributed by atoms with Gasteiger partial charge in [0.1, 0.15) is 5.75 Å². The second-order valence-corrected chi connectivity index (χ2v) is 7.22. The first-order valence-electron chi connectivity index (χ1n) is 9.21. The van der Waals surface area contributed by atoms with Crippen molar-refractivity contribution in [2.24, 2.45) is 0 Å². The average molecular weight is 479 g/mol. The zero-order chi connectivity index (χ0) is 20.8. The van der Waals surface area contributed by atoms with Crippen LogP contribution in [0.2, 0.25) is 0 Å². The van der Waals surface area contributed by atoms with Crippen molar-refractivity contribution in [3.8, 4) is 28.6 Å². The van der Waals surface area contributed by atoms with E-state index in [1.54, 1.807) is 11.8 Å². The molecule has 0 aliphatic rings. The van der Waals surface area contributed by atoms with Crippen LogP contribution in [0.1, 0.15) is 19.4 Å². The number of hydrogen-bond donors (Lipinski definition) is 2. The highest BCUT2D eigenvalue weighted by Gasteiger charge is 2.15. The molecule has 0 fully saturated rings. The van der Waals surface area contributed by atoms with Crippen LogP contribution in [-0.2, 0) is 6.54 Å². The third kappa shape index (κ3) is 4.73. The van der Waals surface area contributed by atoms with Gasteiger partial charge in [0.25, 0.3) is 0 Å². The molecule has 0 aliphatic carbocycles. The number of aromatic amines is 1. The van der Waals surface area contributed by atoms with Crippen LogP contribution >= 0.6 is 28.1 Å². The molecule has 0 radical (unpaired) electrons. The second-order valence-electron chi connectivity index (χ2n) is 5.98. The summed E-state index contributed by atoms with van der Waals surface area (Å²) in [6.45, 7) is 5.50. The zero-order valence-electron chi connectivity index (χ0n) is 16.5. The van der Waals surface area contributed by atoms with Crippen LogP contribution in [0.15, 0.2) is 40.9 Å². The molecule has 0 aliphatic heterocycles. The maximum Gasteiger partial charge on any atom is 0.214 e. The first-order chi connectivity index (χ1) is 14.1. The molecule has 29 heavy (non-hydrogen) atoms. The predicted molar refractivity (Wildman–Crippen MR) is 119 cm³/mol. The fourth-order valence-corrected chi connectivity index (χ4v) is 3.53. The number of aromatic nitrogens is 3. The molecule has 2 aromatic carbocycles. The number of halogens is 1. The number of ether oxygens (including phenoxy) is 3. The quantitative estimate of drug-likeness (QED) is 0.425. The Morgan fingerprint density at radius 2 is 1.79 bits per heavy atom. The molecule has 7 nitrogen and oxygen atoms in total. The molecule has 0 unspecified atom stereocenters. The Morgan fingerprint density at radius 1 is 1.10 bits per heavy atom. The maximum atomic E-state index is 5.73. The first-order valence-corrected chi connectivity index (χ1v) is 10.4. The number of nitrogens with zero attached hydrogens (tertiary/aromatic N) is 2. The molecule has 3 aromatic rings. The molecule has 0 saturated heterocycles. The number of H-pyrrole nitrogens is 1. The lowest BCUT2D eigenvalue weighted by Crippen LogP contribution is -2.16. The van der Waals surface area contributed by atoms with E-state index >= 15 is 0 Å². The molecule has 0 bridgehead atoms. The Bertz CT molecular complexity index is 1030. The van der Waals surface area contributed by atoms with Gasteiger partial charge >= 0.3 is 0 Å². The molecular formula is C20H23BrN4O3S. The van der Waals surface area contributed by atoms with Crippen LogP contribution in [0, 0.1) is 4.77 Å². The van der Waals surface area contributed by atoms with Crippen molar-refractivity contribution in [3.63, 3.8) is 0 Å². The molecule has 0 saturated carbocycles. The van der Waals surface area contributed by atoms with Gasteiger partial charge in [0, 0.05) is 4.47 Å². The van der Waals surface area contributed by atoms with E-state index in [-0.39, 0.29) is 0 Å². The third-order valence-corrected chi connectivity index (χ3v) is 5.17. The summed E-state index contributed by atoms with van der Waals surface area (Å²) in [6.07, 6.45) is 0. The van der Waals surface area contributed by atoms with E-state index in [9.17, 15) is 0 Å². The minimum Gasteiger partial charge on any atom is -0.496 e. The van der Waals surface area contributed by atoms with Gasteiger partial charge in [-0.1, -0.05) is 28.1 Å². The lowest BCUT2D eigenvalue weighted by Gasteiger charge is -2.16. The van der Waals surface area contributed by atoms with Crippen LogP contribution < -0.4 is 19.6 Å². The van der Waals surface area contributed by atoms with Crippen molar-refractivity contribution in [2.75, 3.05) is 25.7 Å². The molecule has 0 spiro atoms. The number of benzene rings is 2. The molecule has 9 heteroatoms. The van der Waals surface area contributed by atoms with Gasteiger partial charge in [-0.3, -0.25) is 0 Å². The van der Waals surface area contributed by atoms with Crippen molar-refractivity contribution in [2.45, 2.75) is 20.4 Å². The maximum absolute atomic E-state index is 5.73. The summed E-state index contributed by atoms with van der Waals surface area (Å²) in [6, 6.07) is 11.5. The number of nitrogens with one attached hydrogen (secondary N) is 2. The highest BCUT2D eigenvalue weighted by Crippen LogP contribution is 2.34. The van der Waals surface area contributed by atoms with E-state index in [0.717, 1.165) is 15.6 Å². The molecule has 2 N–H and O–H groups in total. The molecule has 1 aromatic heterocycles. The smallest absolute Gasteiger partial charge is 0.214 e. The van der Waals surface area contributed by atoms with Crippen molar-refractivity contribution < 1.29 is 14.2 Å². The fraction of sp³-hybridized carbons (Fsp3) is 0.300. The van der Waals surface area contributed by atoms with E-state index in [2.05, 4.69) is 31.6 Å². The van der Waals surface area contributed by atoms with Crippen LogP contribution in [0.3, 0.4) is 0 Å². The van der Waals surface area contributed by atoms with Crippen LogP contribution in [0.5, 0.6) is 17.2 Å². The van der Waals surface area contributed by atoms with E-state index in [0.29, 0.717) is 47.6 Å². The van der Waals surface area contributed by atoms with Gasteiger partial charge in [-0.2, -0.15) is 5.10 Å². The van der Waals surface area contributed by atoms with E-state index in [1.807, 2.05) is 50.2 Å². The largest absolute Gasteiger partial charge is 0.496 e. The Morgan fingerprint density at radius 3 is 2.48 bits per heavy atom. The molecule has 0 amide bonds. The topological polar surface area (TPSA) is 73.3 Å². The lowest BCUT2D eigenvalue weighted by molar-refractivity contribution is 0.287. The van der Waals surface area contributed by atoms with Crippen molar-refractivity contribution in [1.29, 1.82) is 0 Å². The van der Waals surface area contributed by atoms with E-state index in [4.69, 9.17) is 26.4 Å². The van der Waals surface area contributed by atoms with Gasteiger partial charge in [0.2, 0.25) is 4.77 Å². The number of para-hydroxylation sites is 1.